The molecule has 2 rings (SSSR count). The highest BCUT2D eigenvalue weighted by atomic mass is 15.2. The van der Waals surface area contributed by atoms with Crippen LogP contribution in [-0.4, -0.2) is 56.1 Å². The quantitative estimate of drug-likeness (QED) is 0.810. The molecule has 106 valence electrons. The monoisotopic (exact) mass is 253 g/mol. The molecule has 1 heterocycles. The van der Waals surface area contributed by atoms with Crippen LogP contribution in [0.5, 0.6) is 0 Å². The molecule has 1 saturated carbocycles. The lowest BCUT2D eigenvalue weighted by Crippen LogP contribution is -2.49. The fourth-order valence-electron chi connectivity index (χ4n) is 3.97. The van der Waals surface area contributed by atoms with Crippen LogP contribution in [0.25, 0.3) is 0 Å². The van der Waals surface area contributed by atoms with Crippen LogP contribution in [0.15, 0.2) is 0 Å². The second-order valence-corrected chi connectivity index (χ2v) is 6.59. The molecule has 0 aromatic heterocycles. The van der Waals surface area contributed by atoms with Crippen molar-refractivity contribution >= 4 is 0 Å². The smallest absolute Gasteiger partial charge is 0.0246 e. The third kappa shape index (κ3) is 3.69. The number of likely N-dealkylation sites (tertiary alicyclic amines) is 1. The van der Waals surface area contributed by atoms with E-state index in [0.717, 1.165) is 18.4 Å². The van der Waals surface area contributed by atoms with Crippen molar-refractivity contribution in [1.82, 2.24) is 9.80 Å². The Morgan fingerprint density at radius 2 is 1.72 bits per heavy atom. The zero-order valence-corrected chi connectivity index (χ0v) is 12.3. The summed E-state index contributed by atoms with van der Waals surface area (Å²) in [5.41, 5.74) is 6.05. The Bertz CT molecular complexity index is 228. The van der Waals surface area contributed by atoms with Gasteiger partial charge in [0, 0.05) is 19.1 Å². The van der Waals surface area contributed by atoms with E-state index in [0.29, 0.717) is 6.04 Å². The van der Waals surface area contributed by atoms with E-state index in [2.05, 4.69) is 23.9 Å². The summed E-state index contributed by atoms with van der Waals surface area (Å²) in [5, 5.41) is 0. The summed E-state index contributed by atoms with van der Waals surface area (Å²) in [7, 11) is 4.38. The lowest BCUT2D eigenvalue weighted by Gasteiger charge is -2.40. The third-order valence-electron chi connectivity index (χ3n) is 4.93. The van der Waals surface area contributed by atoms with Crippen LogP contribution in [0.4, 0.5) is 0 Å². The van der Waals surface area contributed by atoms with Crippen molar-refractivity contribution in [2.75, 3.05) is 40.3 Å². The average Bonchev–Trinajstić information content (AvgIpc) is 2.85. The van der Waals surface area contributed by atoms with Gasteiger partial charge in [-0.1, -0.05) is 12.8 Å². The first-order valence-corrected chi connectivity index (χ1v) is 7.79. The van der Waals surface area contributed by atoms with Crippen LogP contribution >= 0.6 is 0 Å². The third-order valence-corrected chi connectivity index (χ3v) is 4.93. The molecule has 2 fully saturated rings. The number of nitrogens with two attached hydrogens (primary N) is 1. The molecule has 2 N–H and O–H groups in total. The molecule has 0 bridgehead atoms. The van der Waals surface area contributed by atoms with Gasteiger partial charge in [-0.05, 0) is 64.7 Å². The van der Waals surface area contributed by atoms with E-state index in [1.165, 1.54) is 58.2 Å². The SMILES string of the molecule is CN(C)CC1CCN(C(CN)C2CCCC2)CC1. The molecule has 1 saturated heterocycles. The molecule has 0 aromatic rings. The van der Waals surface area contributed by atoms with Crippen LogP contribution in [-0.2, 0) is 0 Å². The molecule has 0 radical (unpaired) electrons. The number of nitrogens with zero attached hydrogens (tertiary/aromatic N) is 2. The molecule has 3 nitrogen and oxygen atoms in total. The van der Waals surface area contributed by atoms with E-state index < -0.39 is 0 Å². The van der Waals surface area contributed by atoms with Gasteiger partial charge in [0.2, 0.25) is 0 Å². The summed E-state index contributed by atoms with van der Waals surface area (Å²) in [6.45, 7) is 4.67. The summed E-state index contributed by atoms with van der Waals surface area (Å²) in [6.07, 6.45) is 8.41. The number of rotatable bonds is 5. The van der Waals surface area contributed by atoms with Crippen molar-refractivity contribution in [2.45, 2.75) is 44.6 Å². The lowest BCUT2D eigenvalue weighted by atomic mass is 9.91. The minimum absolute atomic E-state index is 0.674. The molecular weight excluding hydrogens is 222 g/mol. The topological polar surface area (TPSA) is 32.5 Å². The molecule has 2 aliphatic rings. The Balaban J connectivity index is 1.80. The summed E-state index contributed by atoms with van der Waals surface area (Å²) in [5.74, 6) is 1.79. The highest BCUT2D eigenvalue weighted by Gasteiger charge is 2.31. The van der Waals surface area contributed by atoms with Crippen LogP contribution in [0.1, 0.15) is 38.5 Å². The van der Waals surface area contributed by atoms with Gasteiger partial charge < -0.3 is 10.6 Å². The molecule has 18 heavy (non-hydrogen) atoms. The highest BCUT2D eigenvalue weighted by Crippen LogP contribution is 2.31. The van der Waals surface area contributed by atoms with Gasteiger partial charge in [-0.25, -0.2) is 0 Å². The van der Waals surface area contributed by atoms with Crippen molar-refractivity contribution in [2.24, 2.45) is 17.6 Å². The largest absolute Gasteiger partial charge is 0.329 e. The minimum atomic E-state index is 0.674. The van der Waals surface area contributed by atoms with E-state index in [-0.39, 0.29) is 0 Å². The fraction of sp³-hybridized carbons (Fsp3) is 1.00. The van der Waals surface area contributed by atoms with Gasteiger partial charge in [0.25, 0.3) is 0 Å². The van der Waals surface area contributed by atoms with E-state index in [9.17, 15) is 0 Å². The Labute approximate surface area is 113 Å². The number of hydrogen-bond donors (Lipinski definition) is 1. The molecule has 1 unspecified atom stereocenters. The molecule has 0 aromatic carbocycles. The Morgan fingerprint density at radius 3 is 2.22 bits per heavy atom. The zero-order valence-electron chi connectivity index (χ0n) is 12.3. The van der Waals surface area contributed by atoms with Gasteiger partial charge in [-0.15, -0.1) is 0 Å². The summed E-state index contributed by atoms with van der Waals surface area (Å²) in [6, 6.07) is 0.674. The number of piperidine rings is 1. The molecule has 0 amide bonds. The average molecular weight is 253 g/mol. The normalized spacial score (nSPS) is 26.0. The maximum Gasteiger partial charge on any atom is 0.0246 e. The van der Waals surface area contributed by atoms with E-state index in [1.807, 2.05) is 0 Å². The van der Waals surface area contributed by atoms with Crippen LogP contribution < -0.4 is 5.73 Å². The standard InChI is InChI=1S/C15H31N3/c1-17(2)12-13-7-9-18(10-8-13)15(11-16)14-5-3-4-6-14/h13-15H,3-12,16H2,1-2H3. The van der Waals surface area contributed by atoms with Crippen molar-refractivity contribution in [3.63, 3.8) is 0 Å². The van der Waals surface area contributed by atoms with E-state index in [4.69, 9.17) is 5.73 Å². The first-order chi connectivity index (χ1) is 8.70. The highest BCUT2D eigenvalue weighted by molar-refractivity contribution is 4.86. The first kappa shape index (κ1) is 14.3. The minimum Gasteiger partial charge on any atom is -0.329 e. The maximum atomic E-state index is 6.05. The fourth-order valence-corrected chi connectivity index (χ4v) is 3.97. The van der Waals surface area contributed by atoms with Gasteiger partial charge in [-0.3, -0.25) is 4.90 Å². The lowest BCUT2D eigenvalue weighted by molar-refractivity contribution is 0.0917. The predicted octanol–water partition coefficient (Wildman–Crippen LogP) is 1.78. The van der Waals surface area contributed by atoms with Crippen molar-refractivity contribution in [1.29, 1.82) is 0 Å². The van der Waals surface area contributed by atoms with Gasteiger partial charge in [-0.2, -0.15) is 0 Å². The van der Waals surface area contributed by atoms with Crippen molar-refractivity contribution in [3.05, 3.63) is 0 Å². The molecule has 0 spiro atoms. The Morgan fingerprint density at radius 1 is 1.11 bits per heavy atom. The van der Waals surface area contributed by atoms with Crippen LogP contribution in [0.2, 0.25) is 0 Å². The van der Waals surface area contributed by atoms with Gasteiger partial charge >= 0.3 is 0 Å². The Kier molecular flexibility index (Phi) is 5.46. The van der Waals surface area contributed by atoms with Crippen LogP contribution in [0.3, 0.4) is 0 Å². The second-order valence-electron chi connectivity index (χ2n) is 6.59. The number of hydrogen-bond acceptors (Lipinski definition) is 3. The molecule has 1 aliphatic heterocycles. The zero-order chi connectivity index (χ0) is 13.0. The molecular formula is C15H31N3. The van der Waals surface area contributed by atoms with Gasteiger partial charge in [0.15, 0.2) is 0 Å². The molecule has 3 heteroatoms. The van der Waals surface area contributed by atoms with Gasteiger partial charge in [0.1, 0.15) is 0 Å². The van der Waals surface area contributed by atoms with E-state index in [1.54, 1.807) is 0 Å². The van der Waals surface area contributed by atoms with Crippen LogP contribution in [0, 0.1) is 11.8 Å². The maximum absolute atomic E-state index is 6.05. The molecule has 1 aliphatic carbocycles. The Hall–Kier alpha value is -0.120. The molecule has 1 atom stereocenters. The van der Waals surface area contributed by atoms with Gasteiger partial charge in [0.05, 0.1) is 0 Å². The van der Waals surface area contributed by atoms with Crippen molar-refractivity contribution < 1.29 is 0 Å². The summed E-state index contributed by atoms with van der Waals surface area (Å²) in [4.78, 5) is 5.03. The van der Waals surface area contributed by atoms with E-state index >= 15 is 0 Å². The summed E-state index contributed by atoms with van der Waals surface area (Å²) >= 11 is 0. The summed E-state index contributed by atoms with van der Waals surface area (Å²) < 4.78 is 0. The predicted molar refractivity (Wildman–Crippen MR) is 77.7 cm³/mol. The van der Waals surface area contributed by atoms with Crippen molar-refractivity contribution in [3.8, 4) is 0 Å². The second kappa shape index (κ2) is 6.88. The first-order valence-electron chi connectivity index (χ1n) is 7.79.